The van der Waals surface area contributed by atoms with E-state index in [9.17, 15) is 14.0 Å². The zero-order chi connectivity index (χ0) is 18.0. The average molecular weight is 340 g/mol. The van der Waals surface area contributed by atoms with E-state index in [0.29, 0.717) is 22.6 Å². The van der Waals surface area contributed by atoms with Gasteiger partial charge in [0.25, 0.3) is 11.8 Å². The van der Waals surface area contributed by atoms with Crippen LogP contribution in [0, 0.1) is 5.82 Å². The lowest BCUT2D eigenvalue weighted by Gasteiger charge is -2.12. The van der Waals surface area contributed by atoms with Gasteiger partial charge in [-0.05, 0) is 48.9 Å². The molecule has 3 rings (SSSR count). The van der Waals surface area contributed by atoms with Crippen molar-refractivity contribution in [3.63, 3.8) is 0 Å². The molecule has 2 aromatic carbocycles. The van der Waals surface area contributed by atoms with Crippen LogP contribution in [-0.4, -0.2) is 30.4 Å². The SMILES string of the molecule is CCN1C(=O)C(Nc2ccc(F)cc2)=C(c2ccc(OC)cc2)C1=O. The molecular weight excluding hydrogens is 323 g/mol. The fourth-order valence-electron chi connectivity index (χ4n) is 2.68. The minimum absolute atomic E-state index is 0.184. The van der Waals surface area contributed by atoms with Gasteiger partial charge in [-0.25, -0.2) is 4.39 Å². The van der Waals surface area contributed by atoms with E-state index in [4.69, 9.17) is 4.74 Å². The fourth-order valence-corrected chi connectivity index (χ4v) is 2.68. The lowest BCUT2D eigenvalue weighted by molar-refractivity contribution is -0.136. The summed E-state index contributed by atoms with van der Waals surface area (Å²) < 4.78 is 18.2. The summed E-state index contributed by atoms with van der Waals surface area (Å²) in [5.74, 6) is -0.481. The molecule has 0 fully saturated rings. The van der Waals surface area contributed by atoms with Crippen molar-refractivity contribution in [1.29, 1.82) is 0 Å². The summed E-state index contributed by atoms with van der Waals surface area (Å²) in [4.78, 5) is 26.5. The Bertz CT molecular complexity index is 842. The van der Waals surface area contributed by atoms with Gasteiger partial charge < -0.3 is 10.1 Å². The summed E-state index contributed by atoms with van der Waals surface area (Å²) in [6, 6.07) is 12.5. The molecule has 0 aliphatic carbocycles. The van der Waals surface area contributed by atoms with Gasteiger partial charge in [0, 0.05) is 12.2 Å². The number of rotatable bonds is 5. The van der Waals surface area contributed by atoms with Crippen LogP contribution < -0.4 is 10.1 Å². The van der Waals surface area contributed by atoms with Crippen LogP contribution in [0.3, 0.4) is 0 Å². The standard InChI is InChI=1S/C19H17FN2O3/c1-3-22-18(23)16(12-4-10-15(25-2)11-5-12)17(19(22)24)21-14-8-6-13(20)7-9-14/h4-11,21H,3H2,1-2H3. The van der Waals surface area contributed by atoms with Gasteiger partial charge in [0.15, 0.2) is 0 Å². The minimum atomic E-state index is -0.400. The highest BCUT2D eigenvalue weighted by molar-refractivity contribution is 6.36. The highest BCUT2D eigenvalue weighted by Crippen LogP contribution is 2.31. The van der Waals surface area contributed by atoms with Crippen LogP contribution in [0.4, 0.5) is 10.1 Å². The lowest BCUT2D eigenvalue weighted by Crippen LogP contribution is -2.32. The van der Waals surface area contributed by atoms with Crippen molar-refractivity contribution in [2.24, 2.45) is 0 Å². The Kier molecular flexibility index (Phi) is 4.52. The molecule has 0 unspecified atom stereocenters. The first-order chi connectivity index (χ1) is 12.0. The quantitative estimate of drug-likeness (QED) is 0.850. The van der Waals surface area contributed by atoms with Crippen molar-refractivity contribution in [2.45, 2.75) is 6.92 Å². The van der Waals surface area contributed by atoms with Crippen molar-refractivity contribution in [3.05, 3.63) is 65.6 Å². The van der Waals surface area contributed by atoms with Crippen LogP contribution in [0.2, 0.25) is 0 Å². The van der Waals surface area contributed by atoms with Gasteiger partial charge in [0.05, 0.1) is 12.7 Å². The monoisotopic (exact) mass is 340 g/mol. The fraction of sp³-hybridized carbons (Fsp3) is 0.158. The number of benzene rings is 2. The van der Waals surface area contributed by atoms with E-state index in [1.54, 1.807) is 38.3 Å². The van der Waals surface area contributed by atoms with E-state index in [0.717, 1.165) is 0 Å². The van der Waals surface area contributed by atoms with Gasteiger partial charge in [0.1, 0.15) is 17.3 Å². The molecule has 25 heavy (non-hydrogen) atoms. The number of carbonyl (C=O) groups is 2. The van der Waals surface area contributed by atoms with Gasteiger partial charge in [-0.3, -0.25) is 14.5 Å². The number of nitrogens with one attached hydrogen (secondary N) is 1. The third-order valence-electron chi connectivity index (χ3n) is 3.98. The van der Waals surface area contributed by atoms with Crippen molar-refractivity contribution in [2.75, 3.05) is 19.0 Å². The molecule has 1 N–H and O–H groups in total. The molecule has 5 nitrogen and oxygen atoms in total. The van der Waals surface area contributed by atoms with E-state index in [-0.39, 0.29) is 24.0 Å². The predicted molar refractivity (Wildman–Crippen MR) is 92.3 cm³/mol. The van der Waals surface area contributed by atoms with Crippen LogP contribution in [0.5, 0.6) is 5.75 Å². The van der Waals surface area contributed by atoms with Crippen molar-refractivity contribution >= 4 is 23.1 Å². The normalized spacial score (nSPS) is 14.3. The molecule has 1 aliphatic rings. The molecule has 1 aliphatic heterocycles. The number of hydrogen-bond acceptors (Lipinski definition) is 4. The Morgan fingerprint density at radius 2 is 1.64 bits per heavy atom. The summed E-state index contributed by atoms with van der Waals surface area (Å²) in [7, 11) is 1.55. The van der Waals surface area contributed by atoms with Crippen molar-refractivity contribution < 1.29 is 18.7 Å². The number of methoxy groups -OCH3 is 1. The van der Waals surface area contributed by atoms with Gasteiger partial charge >= 0.3 is 0 Å². The molecule has 0 saturated heterocycles. The lowest BCUT2D eigenvalue weighted by atomic mass is 10.0. The van der Waals surface area contributed by atoms with E-state index in [2.05, 4.69) is 5.32 Å². The summed E-state index contributed by atoms with van der Waals surface area (Å²) >= 11 is 0. The van der Waals surface area contributed by atoms with E-state index in [1.165, 1.54) is 29.2 Å². The maximum absolute atomic E-state index is 13.1. The van der Waals surface area contributed by atoms with Crippen LogP contribution in [0.15, 0.2) is 54.2 Å². The molecular formula is C19H17FN2O3. The van der Waals surface area contributed by atoms with E-state index in [1.807, 2.05) is 0 Å². The molecule has 1 heterocycles. The zero-order valence-electron chi connectivity index (χ0n) is 13.9. The predicted octanol–water partition coefficient (Wildman–Crippen LogP) is 3.05. The third kappa shape index (κ3) is 3.10. The van der Waals surface area contributed by atoms with E-state index < -0.39 is 5.91 Å². The molecule has 2 aromatic rings. The molecule has 0 saturated carbocycles. The molecule has 0 radical (unpaired) electrons. The number of carbonyl (C=O) groups excluding carboxylic acids is 2. The maximum Gasteiger partial charge on any atom is 0.278 e. The molecule has 6 heteroatoms. The number of amides is 2. The van der Waals surface area contributed by atoms with Crippen LogP contribution in [0.1, 0.15) is 12.5 Å². The largest absolute Gasteiger partial charge is 0.497 e. The second-order valence-corrected chi connectivity index (χ2v) is 5.46. The van der Waals surface area contributed by atoms with Gasteiger partial charge in [-0.15, -0.1) is 0 Å². The van der Waals surface area contributed by atoms with Gasteiger partial charge in [-0.2, -0.15) is 0 Å². The molecule has 0 aromatic heterocycles. The van der Waals surface area contributed by atoms with Crippen LogP contribution in [0.25, 0.3) is 5.57 Å². The number of imide groups is 1. The Balaban J connectivity index is 2.05. The van der Waals surface area contributed by atoms with Gasteiger partial charge in [0.2, 0.25) is 0 Å². The topological polar surface area (TPSA) is 58.6 Å². The molecule has 0 spiro atoms. The number of ether oxygens (including phenoxy) is 1. The highest BCUT2D eigenvalue weighted by Gasteiger charge is 2.38. The van der Waals surface area contributed by atoms with Crippen LogP contribution in [-0.2, 0) is 9.59 Å². The second kappa shape index (κ2) is 6.76. The summed E-state index contributed by atoms with van der Waals surface area (Å²) in [6.45, 7) is 2.01. The van der Waals surface area contributed by atoms with Crippen molar-refractivity contribution in [3.8, 4) is 5.75 Å². The molecule has 0 atom stereocenters. The molecule has 128 valence electrons. The van der Waals surface area contributed by atoms with E-state index >= 15 is 0 Å². The average Bonchev–Trinajstić information content (AvgIpc) is 2.86. The summed E-state index contributed by atoms with van der Waals surface area (Å²) in [6.07, 6.45) is 0. The maximum atomic E-state index is 13.1. The Morgan fingerprint density at radius 1 is 1.00 bits per heavy atom. The first-order valence-electron chi connectivity index (χ1n) is 7.82. The number of anilines is 1. The zero-order valence-corrected chi connectivity index (χ0v) is 13.9. The summed E-state index contributed by atoms with van der Waals surface area (Å²) in [5, 5.41) is 2.96. The van der Waals surface area contributed by atoms with Gasteiger partial charge in [-0.1, -0.05) is 12.1 Å². The Hall–Kier alpha value is -3.15. The molecule has 0 bridgehead atoms. The smallest absolute Gasteiger partial charge is 0.278 e. The Morgan fingerprint density at radius 3 is 2.20 bits per heavy atom. The number of nitrogens with zero attached hydrogens (tertiary/aromatic N) is 1. The minimum Gasteiger partial charge on any atom is -0.497 e. The first-order valence-corrected chi connectivity index (χ1v) is 7.82. The highest BCUT2D eigenvalue weighted by atomic mass is 19.1. The van der Waals surface area contributed by atoms with Crippen LogP contribution >= 0.6 is 0 Å². The van der Waals surface area contributed by atoms with Crippen molar-refractivity contribution in [1.82, 2.24) is 4.90 Å². The number of halogens is 1. The molecule has 2 amide bonds. The number of hydrogen-bond donors (Lipinski definition) is 1. The number of likely N-dealkylation sites (N-methyl/N-ethyl adjacent to an activating group) is 1. The Labute approximate surface area is 144 Å². The third-order valence-corrected chi connectivity index (χ3v) is 3.98. The second-order valence-electron chi connectivity index (χ2n) is 5.46. The first kappa shape index (κ1) is 16.7. The summed E-state index contributed by atoms with van der Waals surface area (Å²) in [5.41, 5.74) is 1.61.